The molecular formula is C23H29N5O. The van der Waals surface area contributed by atoms with Gasteiger partial charge in [-0.05, 0) is 66.5 Å². The molecule has 3 aromatic rings. The quantitative estimate of drug-likeness (QED) is 0.620. The maximum absolute atomic E-state index is 9.75. The van der Waals surface area contributed by atoms with E-state index in [9.17, 15) is 5.11 Å². The summed E-state index contributed by atoms with van der Waals surface area (Å²) in [7, 11) is 0. The van der Waals surface area contributed by atoms with Gasteiger partial charge in [-0.2, -0.15) is 0 Å². The van der Waals surface area contributed by atoms with Gasteiger partial charge in [-0.25, -0.2) is 9.97 Å². The number of nitrogens with zero attached hydrogens (tertiary/aromatic N) is 3. The minimum absolute atomic E-state index is 0.0629. The number of hydrogen-bond acceptors (Lipinski definition) is 5. The third-order valence-corrected chi connectivity index (χ3v) is 6.53. The summed E-state index contributed by atoms with van der Waals surface area (Å²) < 4.78 is 2.12. The van der Waals surface area contributed by atoms with Crippen LogP contribution in [0.1, 0.15) is 50.2 Å². The molecular weight excluding hydrogens is 362 g/mol. The molecule has 1 aliphatic carbocycles. The number of aliphatic hydroxyl groups excluding tert-OH is 1. The van der Waals surface area contributed by atoms with Gasteiger partial charge in [-0.15, -0.1) is 0 Å². The molecule has 29 heavy (non-hydrogen) atoms. The summed E-state index contributed by atoms with van der Waals surface area (Å²) in [6, 6.07) is 8.48. The summed E-state index contributed by atoms with van der Waals surface area (Å²) in [5.41, 5.74) is 5.20. The number of imidazole rings is 1. The number of aromatic nitrogens is 3. The molecule has 0 aromatic carbocycles. The minimum atomic E-state index is 0.0629. The van der Waals surface area contributed by atoms with Gasteiger partial charge in [0.15, 0.2) is 0 Å². The standard InChI is InChI=1S/C23H29N5O/c1-23(2)8-9-24-12-20(23)27-21-5-3-4-18(26-21)19-11-25-22-10-16(14-29)17(13-28(19)22)15-6-7-15/h3-5,10-11,13,15,20,24,29H,6-9,12,14H2,1-2H3,(H,26,27). The summed E-state index contributed by atoms with van der Waals surface area (Å²) >= 11 is 0. The van der Waals surface area contributed by atoms with E-state index in [0.717, 1.165) is 47.9 Å². The highest BCUT2D eigenvalue weighted by atomic mass is 16.3. The molecule has 1 saturated heterocycles. The fraction of sp³-hybridized carbons (Fsp3) is 0.478. The van der Waals surface area contributed by atoms with Crippen LogP contribution in [0, 0.1) is 5.41 Å². The van der Waals surface area contributed by atoms with Crippen LogP contribution in [-0.4, -0.2) is 38.6 Å². The first kappa shape index (κ1) is 18.6. The predicted octanol–water partition coefficient (Wildman–Crippen LogP) is 3.57. The Bertz CT molecular complexity index is 1040. The zero-order valence-corrected chi connectivity index (χ0v) is 17.2. The zero-order chi connectivity index (χ0) is 20.0. The molecule has 0 spiro atoms. The number of aliphatic hydroxyl groups is 1. The summed E-state index contributed by atoms with van der Waals surface area (Å²) in [5, 5.41) is 16.9. The van der Waals surface area contributed by atoms with Gasteiger partial charge >= 0.3 is 0 Å². The normalized spacial score (nSPS) is 21.4. The van der Waals surface area contributed by atoms with Gasteiger partial charge in [0, 0.05) is 18.8 Å². The lowest BCUT2D eigenvalue weighted by Gasteiger charge is -2.39. The van der Waals surface area contributed by atoms with Crippen molar-refractivity contribution in [1.82, 2.24) is 19.7 Å². The fourth-order valence-electron chi connectivity index (χ4n) is 4.36. The van der Waals surface area contributed by atoms with E-state index in [1.54, 1.807) is 0 Å². The van der Waals surface area contributed by atoms with Gasteiger partial charge in [-0.3, -0.25) is 4.40 Å². The number of nitrogens with one attached hydrogen (secondary N) is 2. The lowest BCUT2D eigenvalue weighted by atomic mass is 9.79. The van der Waals surface area contributed by atoms with Crippen molar-refractivity contribution in [1.29, 1.82) is 0 Å². The maximum Gasteiger partial charge on any atom is 0.137 e. The van der Waals surface area contributed by atoms with Gasteiger partial charge in [0.1, 0.15) is 11.5 Å². The Morgan fingerprint density at radius 3 is 2.93 bits per heavy atom. The summed E-state index contributed by atoms with van der Waals surface area (Å²) in [4.78, 5) is 9.48. The van der Waals surface area contributed by atoms with Gasteiger partial charge < -0.3 is 15.7 Å². The fourth-order valence-corrected chi connectivity index (χ4v) is 4.36. The van der Waals surface area contributed by atoms with Gasteiger partial charge in [0.25, 0.3) is 0 Å². The molecule has 0 radical (unpaired) electrons. The topological polar surface area (TPSA) is 74.5 Å². The number of fused-ring (bicyclic) bond motifs is 1. The van der Waals surface area contributed by atoms with Crippen LogP contribution in [0.4, 0.5) is 5.82 Å². The highest BCUT2D eigenvalue weighted by Crippen LogP contribution is 2.42. The maximum atomic E-state index is 9.75. The molecule has 2 fully saturated rings. The number of anilines is 1. The number of rotatable bonds is 5. The average molecular weight is 392 g/mol. The second-order valence-corrected chi connectivity index (χ2v) is 9.11. The van der Waals surface area contributed by atoms with Crippen molar-refractivity contribution in [2.45, 2.75) is 51.7 Å². The van der Waals surface area contributed by atoms with E-state index in [-0.39, 0.29) is 12.0 Å². The Kier molecular flexibility index (Phi) is 4.56. The van der Waals surface area contributed by atoms with E-state index < -0.39 is 0 Å². The predicted molar refractivity (Wildman–Crippen MR) is 115 cm³/mol. The highest BCUT2D eigenvalue weighted by Gasteiger charge is 2.32. The molecule has 0 amide bonds. The second kappa shape index (κ2) is 7.11. The van der Waals surface area contributed by atoms with Crippen LogP contribution < -0.4 is 10.6 Å². The minimum Gasteiger partial charge on any atom is -0.392 e. The third-order valence-electron chi connectivity index (χ3n) is 6.53. The van der Waals surface area contributed by atoms with Crippen LogP contribution in [0.5, 0.6) is 0 Å². The van der Waals surface area contributed by atoms with Crippen molar-refractivity contribution in [2.75, 3.05) is 18.4 Å². The Labute approximate surface area is 171 Å². The van der Waals surface area contributed by atoms with E-state index in [1.807, 2.05) is 24.4 Å². The molecule has 1 aliphatic heterocycles. The molecule has 4 heterocycles. The molecule has 2 aliphatic rings. The first-order valence-electron chi connectivity index (χ1n) is 10.6. The molecule has 1 atom stereocenters. The van der Waals surface area contributed by atoms with Crippen molar-refractivity contribution >= 4 is 11.5 Å². The van der Waals surface area contributed by atoms with E-state index >= 15 is 0 Å². The average Bonchev–Trinajstić information content (AvgIpc) is 3.48. The molecule has 152 valence electrons. The number of piperidine rings is 1. The van der Waals surface area contributed by atoms with E-state index in [1.165, 1.54) is 18.4 Å². The zero-order valence-electron chi connectivity index (χ0n) is 17.2. The molecule has 6 heteroatoms. The van der Waals surface area contributed by atoms with Crippen LogP contribution in [0.2, 0.25) is 0 Å². The van der Waals surface area contributed by atoms with Crippen LogP contribution in [0.3, 0.4) is 0 Å². The first-order chi connectivity index (χ1) is 14.0. The van der Waals surface area contributed by atoms with Crippen molar-refractivity contribution in [2.24, 2.45) is 5.41 Å². The smallest absolute Gasteiger partial charge is 0.137 e. The summed E-state index contributed by atoms with van der Waals surface area (Å²) in [6.45, 7) is 6.71. The highest BCUT2D eigenvalue weighted by molar-refractivity contribution is 5.63. The van der Waals surface area contributed by atoms with E-state index in [0.29, 0.717) is 12.0 Å². The molecule has 0 bridgehead atoms. The number of hydrogen-bond donors (Lipinski definition) is 3. The summed E-state index contributed by atoms with van der Waals surface area (Å²) in [5.74, 6) is 1.47. The second-order valence-electron chi connectivity index (χ2n) is 9.11. The summed E-state index contributed by atoms with van der Waals surface area (Å²) in [6.07, 6.45) is 7.58. The van der Waals surface area contributed by atoms with Crippen molar-refractivity contribution in [3.05, 3.63) is 47.8 Å². The van der Waals surface area contributed by atoms with E-state index in [4.69, 9.17) is 4.98 Å². The van der Waals surface area contributed by atoms with Crippen LogP contribution >= 0.6 is 0 Å². The lowest BCUT2D eigenvalue weighted by Crippen LogP contribution is -2.50. The monoisotopic (exact) mass is 391 g/mol. The number of pyridine rings is 2. The lowest BCUT2D eigenvalue weighted by molar-refractivity contribution is 0.231. The molecule has 6 nitrogen and oxygen atoms in total. The molecule has 1 unspecified atom stereocenters. The molecule has 3 N–H and O–H groups in total. The van der Waals surface area contributed by atoms with Crippen molar-refractivity contribution in [3.63, 3.8) is 0 Å². The molecule has 1 saturated carbocycles. The Morgan fingerprint density at radius 2 is 2.17 bits per heavy atom. The Hall–Kier alpha value is -2.44. The first-order valence-corrected chi connectivity index (χ1v) is 10.6. The van der Waals surface area contributed by atoms with Gasteiger partial charge in [-0.1, -0.05) is 19.9 Å². The van der Waals surface area contributed by atoms with Crippen LogP contribution in [-0.2, 0) is 6.61 Å². The van der Waals surface area contributed by atoms with Gasteiger partial charge in [0.2, 0.25) is 0 Å². The Balaban J connectivity index is 1.49. The van der Waals surface area contributed by atoms with Crippen LogP contribution in [0.25, 0.3) is 17.0 Å². The Morgan fingerprint density at radius 1 is 1.31 bits per heavy atom. The van der Waals surface area contributed by atoms with Crippen LogP contribution in [0.15, 0.2) is 36.7 Å². The largest absolute Gasteiger partial charge is 0.392 e. The van der Waals surface area contributed by atoms with Crippen molar-refractivity contribution in [3.8, 4) is 11.4 Å². The van der Waals surface area contributed by atoms with E-state index in [2.05, 4.69) is 46.1 Å². The van der Waals surface area contributed by atoms with Crippen molar-refractivity contribution < 1.29 is 5.11 Å². The molecule has 3 aromatic heterocycles. The molecule has 5 rings (SSSR count). The third kappa shape index (κ3) is 3.51. The SMILES string of the molecule is CC1(C)CCNCC1Nc1cccc(-c2cnc3cc(CO)c(C4CC4)cn23)n1. The van der Waals surface area contributed by atoms with Gasteiger partial charge in [0.05, 0.1) is 24.2 Å².